The molecular formula is C27H34F3N3O3. The third-order valence-corrected chi connectivity index (χ3v) is 7.04. The van der Waals surface area contributed by atoms with Gasteiger partial charge in [-0.25, -0.2) is 0 Å². The molecule has 9 heteroatoms. The summed E-state index contributed by atoms with van der Waals surface area (Å²) in [6, 6.07) is 13.9. The van der Waals surface area contributed by atoms with E-state index in [0.717, 1.165) is 69.7 Å². The molecule has 0 spiro atoms. The van der Waals surface area contributed by atoms with Gasteiger partial charge in [-0.2, -0.15) is 0 Å². The van der Waals surface area contributed by atoms with Crippen LogP contribution in [0.25, 0.3) is 0 Å². The molecular weight excluding hydrogens is 471 g/mol. The number of amides is 1. The van der Waals surface area contributed by atoms with Gasteiger partial charge in [-0.1, -0.05) is 43.5 Å². The zero-order chi connectivity index (χ0) is 25.5. The summed E-state index contributed by atoms with van der Waals surface area (Å²) >= 11 is 0. The van der Waals surface area contributed by atoms with Crippen molar-refractivity contribution < 1.29 is 27.4 Å². The van der Waals surface area contributed by atoms with E-state index < -0.39 is 6.36 Å². The van der Waals surface area contributed by atoms with Gasteiger partial charge in [-0.15, -0.1) is 13.2 Å². The molecule has 1 saturated carbocycles. The summed E-state index contributed by atoms with van der Waals surface area (Å²) < 4.78 is 49.1. The lowest BCUT2D eigenvalue weighted by Gasteiger charge is -2.38. The number of anilines is 2. The average Bonchev–Trinajstić information content (AvgIpc) is 2.89. The molecule has 2 aromatic rings. The fourth-order valence-electron chi connectivity index (χ4n) is 5.16. The van der Waals surface area contributed by atoms with Crippen molar-refractivity contribution in [3.05, 3.63) is 48.5 Å². The maximum absolute atomic E-state index is 13.5. The Balaban J connectivity index is 1.46. The number of methoxy groups -OCH3 is 1. The van der Waals surface area contributed by atoms with Crippen LogP contribution in [0, 0.1) is 5.92 Å². The van der Waals surface area contributed by atoms with Crippen molar-refractivity contribution in [2.75, 3.05) is 56.2 Å². The Morgan fingerprint density at radius 2 is 1.58 bits per heavy atom. The lowest BCUT2D eigenvalue weighted by Crippen LogP contribution is -2.49. The van der Waals surface area contributed by atoms with Crippen molar-refractivity contribution >= 4 is 17.3 Å². The molecule has 36 heavy (non-hydrogen) atoms. The lowest BCUT2D eigenvalue weighted by molar-refractivity contribution is -0.274. The summed E-state index contributed by atoms with van der Waals surface area (Å²) in [6.45, 7) is 4.03. The van der Waals surface area contributed by atoms with Crippen molar-refractivity contribution in [3.8, 4) is 11.5 Å². The second-order valence-corrected chi connectivity index (χ2v) is 9.34. The summed E-state index contributed by atoms with van der Waals surface area (Å²) in [7, 11) is 1.66. The molecule has 1 aliphatic heterocycles. The minimum atomic E-state index is -4.83. The molecule has 1 aliphatic carbocycles. The van der Waals surface area contributed by atoms with Gasteiger partial charge in [0, 0.05) is 45.2 Å². The van der Waals surface area contributed by atoms with Gasteiger partial charge >= 0.3 is 6.36 Å². The largest absolute Gasteiger partial charge is 0.573 e. The van der Waals surface area contributed by atoms with Crippen molar-refractivity contribution in [1.29, 1.82) is 0 Å². The monoisotopic (exact) mass is 505 g/mol. The predicted octanol–water partition coefficient (Wildman–Crippen LogP) is 5.33. The summed E-state index contributed by atoms with van der Waals surface area (Å²) in [5.41, 5.74) is 1.23. The molecule has 0 N–H and O–H groups in total. The molecule has 0 aromatic heterocycles. The third-order valence-electron chi connectivity index (χ3n) is 7.04. The first-order valence-electron chi connectivity index (χ1n) is 12.6. The molecule has 0 bridgehead atoms. The highest BCUT2D eigenvalue weighted by Crippen LogP contribution is 2.35. The van der Waals surface area contributed by atoms with E-state index in [1.54, 1.807) is 19.2 Å². The zero-order valence-corrected chi connectivity index (χ0v) is 20.7. The Labute approximate surface area is 210 Å². The first-order valence-corrected chi connectivity index (χ1v) is 12.6. The number of benzene rings is 2. The van der Waals surface area contributed by atoms with E-state index in [0.29, 0.717) is 13.1 Å². The van der Waals surface area contributed by atoms with Gasteiger partial charge in [-0.3, -0.25) is 9.69 Å². The van der Waals surface area contributed by atoms with Gasteiger partial charge in [0.2, 0.25) is 5.91 Å². The number of piperazine rings is 1. The van der Waals surface area contributed by atoms with Crippen LogP contribution < -0.4 is 19.3 Å². The molecule has 2 aromatic carbocycles. The minimum absolute atomic E-state index is 0.111. The van der Waals surface area contributed by atoms with E-state index >= 15 is 0 Å². The molecule has 2 fully saturated rings. The molecule has 6 nitrogen and oxygen atoms in total. The average molecular weight is 506 g/mol. The van der Waals surface area contributed by atoms with E-state index in [9.17, 15) is 18.0 Å². The fourth-order valence-corrected chi connectivity index (χ4v) is 5.16. The van der Waals surface area contributed by atoms with Crippen molar-refractivity contribution in [1.82, 2.24) is 4.90 Å². The molecule has 4 rings (SSSR count). The van der Waals surface area contributed by atoms with Crippen LogP contribution in [-0.2, 0) is 4.79 Å². The molecule has 0 atom stereocenters. The maximum atomic E-state index is 13.5. The number of nitrogens with zero attached hydrogens (tertiary/aromatic N) is 3. The van der Waals surface area contributed by atoms with Crippen molar-refractivity contribution in [2.45, 2.75) is 38.5 Å². The fraction of sp³-hybridized carbons (Fsp3) is 0.519. The third kappa shape index (κ3) is 6.63. The SMILES string of the molecule is COc1ccccc1N1CCN(CCN(C(=O)C2CCCCC2)c2ccccc2OC(F)(F)F)CC1. The van der Waals surface area contributed by atoms with Crippen LogP contribution in [0.5, 0.6) is 11.5 Å². The van der Waals surface area contributed by atoms with Gasteiger partial charge in [-0.05, 0) is 37.1 Å². The van der Waals surface area contributed by atoms with Crippen molar-refractivity contribution in [3.63, 3.8) is 0 Å². The Hall–Kier alpha value is -2.94. The standard InChI is InChI=1S/C27H34F3N3O3/c1-35-24-13-7-5-11-22(24)32-18-15-31(16-19-32)17-20-33(26(34)21-9-3-2-4-10-21)23-12-6-8-14-25(23)36-27(28,29)30/h5-8,11-14,21H,2-4,9-10,15-20H2,1H3. The number of rotatable bonds is 8. The number of hydrogen-bond donors (Lipinski definition) is 0. The lowest BCUT2D eigenvalue weighted by atomic mass is 9.88. The Morgan fingerprint density at radius 3 is 2.25 bits per heavy atom. The second kappa shape index (κ2) is 11.9. The first-order chi connectivity index (χ1) is 17.4. The number of carbonyl (C=O) groups excluding carboxylic acids is 1. The molecule has 0 unspecified atom stereocenters. The van der Waals surface area contributed by atoms with Gasteiger partial charge in [0.25, 0.3) is 0 Å². The number of carbonyl (C=O) groups is 1. The normalized spacial score (nSPS) is 17.6. The number of ether oxygens (including phenoxy) is 2. The minimum Gasteiger partial charge on any atom is -0.495 e. The second-order valence-electron chi connectivity index (χ2n) is 9.34. The molecule has 1 amide bonds. The molecule has 1 heterocycles. The quantitative estimate of drug-likeness (QED) is 0.485. The van der Waals surface area contributed by atoms with Crippen LogP contribution in [0.3, 0.4) is 0 Å². The Bertz CT molecular complexity index is 1000. The highest BCUT2D eigenvalue weighted by molar-refractivity contribution is 5.96. The van der Waals surface area contributed by atoms with E-state index in [4.69, 9.17) is 4.74 Å². The highest BCUT2D eigenvalue weighted by atomic mass is 19.4. The number of hydrogen-bond acceptors (Lipinski definition) is 5. The Morgan fingerprint density at radius 1 is 0.944 bits per heavy atom. The predicted molar refractivity (Wildman–Crippen MR) is 134 cm³/mol. The van der Waals surface area contributed by atoms with Gasteiger partial charge in [0.15, 0.2) is 5.75 Å². The van der Waals surface area contributed by atoms with Crippen LogP contribution >= 0.6 is 0 Å². The van der Waals surface area contributed by atoms with E-state index in [1.165, 1.54) is 17.0 Å². The van der Waals surface area contributed by atoms with E-state index in [-0.39, 0.29) is 23.3 Å². The van der Waals surface area contributed by atoms with Crippen LogP contribution in [0.2, 0.25) is 0 Å². The summed E-state index contributed by atoms with van der Waals surface area (Å²) in [5, 5.41) is 0. The Kier molecular flexibility index (Phi) is 8.61. The molecule has 0 radical (unpaired) electrons. The number of para-hydroxylation sites is 4. The first kappa shape index (κ1) is 26.1. The van der Waals surface area contributed by atoms with Crippen LogP contribution in [0.4, 0.5) is 24.5 Å². The van der Waals surface area contributed by atoms with E-state index in [1.807, 2.05) is 24.3 Å². The molecule has 1 saturated heterocycles. The smallest absolute Gasteiger partial charge is 0.495 e. The highest BCUT2D eigenvalue weighted by Gasteiger charge is 2.35. The summed E-state index contributed by atoms with van der Waals surface area (Å²) in [6.07, 6.45) is -0.255. The summed E-state index contributed by atoms with van der Waals surface area (Å²) in [4.78, 5) is 19.6. The van der Waals surface area contributed by atoms with Crippen LogP contribution in [0.15, 0.2) is 48.5 Å². The number of halogens is 3. The van der Waals surface area contributed by atoms with Crippen LogP contribution in [0.1, 0.15) is 32.1 Å². The number of alkyl halides is 3. The van der Waals surface area contributed by atoms with E-state index in [2.05, 4.69) is 14.5 Å². The molecule has 196 valence electrons. The molecule has 2 aliphatic rings. The maximum Gasteiger partial charge on any atom is 0.573 e. The van der Waals surface area contributed by atoms with Gasteiger partial charge < -0.3 is 19.3 Å². The van der Waals surface area contributed by atoms with Crippen LogP contribution in [-0.4, -0.2) is 63.5 Å². The van der Waals surface area contributed by atoms with Gasteiger partial charge in [0.1, 0.15) is 5.75 Å². The zero-order valence-electron chi connectivity index (χ0n) is 20.7. The van der Waals surface area contributed by atoms with Crippen molar-refractivity contribution in [2.24, 2.45) is 5.92 Å². The summed E-state index contributed by atoms with van der Waals surface area (Å²) in [5.74, 6) is 0.215. The van der Waals surface area contributed by atoms with Gasteiger partial charge in [0.05, 0.1) is 18.5 Å². The topological polar surface area (TPSA) is 45.2 Å².